The summed E-state index contributed by atoms with van der Waals surface area (Å²) in [6.45, 7) is 3.24. The van der Waals surface area contributed by atoms with Crippen molar-refractivity contribution < 1.29 is 9.53 Å². The van der Waals surface area contributed by atoms with Gasteiger partial charge in [-0.25, -0.2) is 0 Å². The van der Waals surface area contributed by atoms with Crippen molar-refractivity contribution in [3.05, 3.63) is 64.1 Å². The number of hydrogen-bond donors (Lipinski definition) is 2. The molecule has 0 fully saturated rings. The molecule has 25 heavy (non-hydrogen) atoms. The molecule has 2 aromatic carbocycles. The fourth-order valence-corrected chi connectivity index (χ4v) is 2.74. The van der Waals surface area contributed by atoms with E-state index >= 15 is 0 Å². The first-order valence-corrected chi connectivity index (χ1v) is 9.35. The smallest absolute Gasteiger partial charge is 0.261 e. The van der Waals surface area contributed by atoms with Crippen LogP contribution in [0.4, 0.5) is 0 Å². The normalized spacial score (nSPS) is 10.2. The van der Waals surface area contributed by atoms with Gasteiger partial charge in [0, 0.05) is 17.4 Å². The maximum absolute atomic E-state index is 12.5. The van der Waals surface area contributed by atoms with E-state index in [-0.39, 0.29) is 5.91 Å². The molecule has 2 N–H and O–H groups in total. The molecular weight excluding hydrogens is 400 g/mol. The number of halogens is 1. The van der Waals surface area contributed by atoms with Crippen LogP contribution in [-0.4, -0.2) is 24.2 Å². The number of carbonyl (C=O) groups is 1. The lowest BCUT2D eigenvalue weighted by Gasteiger charge is -2.13. The number of nitrogens with one attached hydrogen (secondary N) is 2. The fraction of sp³-hybridized carbons (Fsp3) is 0.263. The van der Waals surface area contributed by atoms with E-state index in [1.54, 1.807) is 12.1 Å². The average Bonchev–Trinajstić information content (AvgIpc) is 2.62. The molecule has 1 amide bonds. The van der Waals surface area contributed by atoms with Gasteiger partial charge in [0.1, 0.15) is 5.75 Å². The van der Waals surface area contributed by atoms with Crippen molar-refractivity contribution >= 4 is 39.2 Å². The summed E-state index contributed by atoms with van der Waals surface area (Å²) < 4.78 is 6.64. The summed E-state index contributed by atoms with van der Waals surface area (Å²) in [6, 6.07) is 15.4. The van der Waals surface area contributed by atoms with Crippen LogP contribution in [0.1, 0.15) is 29.3 Å². The van der Waals surface area contributed by atoms with E-state index < -0.39 is 0 Å². The highest BCUT2D eigenvalue weighted by Crippen LogP contribution is 2.23. The fourth-order valence-electron chi connectivity index (χ4n) is 2.18. The molecule has 2 rings (SSSR count). The topological polar surface area (TPSA) is 50.4 Å². The molecule has 0 unspecified atom stereocenters. The van der Waals surface area contributed by atoms with Gasteiger partial charge in [0.15, 0.2) is 5.11 Å². The van der Waals surface area contributed by atoms with Crippen molar-refractivity contribution in [3.63, 3.8) is 0 Å². The van der Waals surface area contributed by atoms with Gasteiger partial charge in [0.2, 0.25) is 0 Å². The van der Waals surface area contributed by atoms with Crippen LogP contribution in [0.15, 0.2) is 53.0 Å². The lowest BCUT2D eigenvalue weighted by Crippen LogP contribution is -2.39. The second kappa shape index (κ2) is 10.2. The zero-order valence-corrected chi connectivity index (χ0v) is 16.5. The van der Waals surface area contributed by atoms with E-state index in [1.807, 2.05) is 31.2 Å². The number of rotatable bonds is 7. The number of thiocarbonyl (C=S) groups is 1. The molecule has 0 bridgehead atoms. The minimum atomic E-state index is -0.287. The molecule has 6 heteroatoms. The Bertz CT molecular complexity index is 723. The Morgan fingerprint density at radius 1 is 1.20 bits per heavy atom. The lowest BCUT2D eigenvalue weighted by molar-refractivity contribution is 0.0972. The minimum Gasteiger partial charge on any atom is -0.492 e. The van der Waals surface area contributed by atoms with Crippen LogP contribution in [0, 0.1) is 0 Å². The SMILES string of the molecule is CCCNC(=S)NC(=O)c1cc(Br)ccc1OCCc1ccccc1. The number of benzene rings is 2. The maximum Gasteiger partial charge on any atom is 0.261 e. The summed E-state index contributed by atoms with van der Waals surface area (Å²) in [7, 11) is 0. The van der Waals surface area contributed by atoms with Crippen molar-refractivity contribution in [1.82, 2.24) is 10.6 Å². The van der Waals surface area contributed by atoms with Crippen LogP contribution in [0.3, 0.4) is 0 Å². The third kappa shape index (κ3) is 6.48. The first-order chi connectivity index (χ1) is 12.1. The highest BCUT2D eigenvalue weighted by molar-refractivity contribution is 9.10. The molecule has 4 nitrogen and oxygen atoms in total. The van der Waals surface area contributed by atoms with Gasteiger partial charge < -0.3 is 10.1 Å². The van der Waals surface area contributed by atoms with Crippen molar-refractivity contribution in [2.24, 2.45) is 0 Å². The number of ether oxygens (including phenoxy) is 1. The van der Waals surface area contributed by atoms with E-state index in [0.717, 1.165) is 23.9 Å². The van der Waals surface area contributed by atoms with Crippen LogP contribution in [0.2, 0.25) is 0 Å². The Morgan fingerprint density at radius 2 is 1.96 bits per heavy atom. The summed E-state index contributed by atoms with van der Waals surface area (Å²) in [6.07, 6.45) is 1.70. The molecular formula is C19H21BrN2O2S. The zero-order chi connectivity index (χ0) is 18.1. The van der Waals surface area contributed by atoms with E-state index in [1.165, 1.54) is 5.56 Å². The van der Waals surface area contributed by atoms with Gasteiger partial charge in [-0.2, -0.15) is 0 Å². The molecule has 0 saturated heterocycles. The van der Waals surface area contributed by atoms with E-state index in [4.69, 9.17) is 17.0 Å². The molecule has 0 aliphatic heterocycles. The molecule has 132 valence electrons. The third-order valence-electron chi connectivity index (χ3n) is 3.44. The average molecular weight is 421 g/mol. The van der Waals surface area contributed by atoms with Crippen LogP contribution in [0.5, 0.6) is 5.75 Å². The van der Waals surface area contributed by atoms with E-state index in [2.05, 4.69) is 38.7 Å². The Kier molecular flexibility index (Phi) is 7.88. The van der Waals surface area contributed by atoms with Gasteiger partial charge in [-0.05, 0) is 42.4 Å². The molecule has 0 atom stereocenters. The van der Waals surface area contributed by atoms with Gasteiger partial charge in [-0.3, -0.25) is 10.1 Å². The van der Waals surface area contributed by atoms with Crippen LogP contribution in [0.25, 0.3) is 0 Å². The van der Waals surface area contributed by atoms with E-state index in [0.29, 0.717) is 23.0 Å². The Labute approximate surface area is 162 Å². The molecule has 0 aromatic heterocycles. The molecule has 0 radical (unpaired) electrons. The van der Waals surface area contributed by atoms with Gasteiger partial charge >= 0.3 is 0 Å². The van der Waals surface area contributed by atoms with Crippen LogP contribution in [-0.2, 0) is 6.42 Å². The zero-order valence-electron chi connectivity index (χ0n) is 14.0. The van der Waals surface area contributed by atoms with Crippen molar-refractivity contribution in [2.45, 2.75) is 19.8 Å². The van der Waals surface area contributed by atoms with Gasteiger partial charge in [-0.15, -0.1) is 0 Å². The molecule has 0 aliphatic rings. The Morgan fingerprint density at radius 3 is 2.68 bits per heavy atom. The van der Waals surface area contributed by atoms with Gasteiger partial charge in [0.05, 0.1) is 12.2 Å². The summed E-state index contributed by atoms with van der Waals surface area (Å²) in [5.41, 5.74) is 1.64. The van der Waals surface area contributed by atoms with Crippen LogP contribution >= 0.6 is 28.1 Å². The molecule has 0 heterocycles. The summed E-state index contributed by atoms with van der Waals surface area (Å²) in [5, 5.41) is 5.99. The predicted octanol–water partition coefficient (Wildman–Crippen LogP) is 4.08. The highest BCUT2D eigenvalue weighted by atomic mass is 79.9. The second-order valence-corrected chi connectivity index (χ2v) is 6.76. The lowest BCUT2D eigenvalue weighted by atomic mass is 10.1. The standard InChI is InChI=1S/C19H21BrN2O2S/c1-2-11-21-19(25)22-18(23)16-13-15(20)8-9-17(16)24-12-10-14-6-4-3-5-7-14/h3-9,13H,2,10-12H2,1H3,(H2,21,22,23,25). The molecule has 2 aromatic rings. The largest absolute Gasteiger partial charge is 0.492 e. The van der Waals surface area contributed by atoms with E-state index in [9.17, 15) is 4.79 Å². The Balaban J connectivity index is 2.01. The molecule has 0 saturated carbocycles. The quantitative estimate of drug-likeness (QED) is 0.662. The molecule has 0 aliphatic carbocycles. The summed E-state index contributed by atoms with van der Waals surface area (Å²) >= 11 is 8.52. The maximum atomic E-state index is 12.5. The molecule has 0 spiro atoms. The van der Waals surface area contributed by atoms with Gasteiger partial charge in [-0.1, -0.05) is 53.2 Å². The number of amides is 1. The summed E-state index contributed by atoms with van der Waals surface area (Å²) in [5.74, 6) is 0.250. The number of hydrogen-bond acceptors (Lipinski definition) is 3. The number of carbonyl (C=O) groups excluding carboxylic acids is 1. The first-order valence-electron chi connectivity index (χ1n) is 8.15. The monoisotopic (exact) mass is 420 g/mol. The third-order valence-corrected chi connectivity index (χ3v) is 4.18. The second-order valence-electron chi connectivity index (χ2n) is 5.43. The van der Waals surface area contributed by atoms with Crippen LogP contribution < -0.4 is 15.4 Å². The summed E-state index contributed by atoms with van der Waals surface area (Å²) in [4.78, 5) is 12.5. The minimum absolute atomic E-state index is 0.287. The van der Waals surface area contributed by atoms with Crippen molar-refractivity contribution in [2.75, 3.05) is 13.2 Å². The Hall–Kier alpha value is -1.92. The van der Waals surface area contributed by atoms with Gasteiger partial charge in [0.25, 0.3) is 5.91 Å². The van der Waals surface area contributed by atoms with Crippen molar-refractivity contribution in [1.29, 1.82) is 0 Å². The predicted molar refractivity (Wildman–Crippen MR) is 108 cm³/mol. The highest BCUT2D eigenvalue weighted by Gasteiger charge is 2.14. The van der Waals surface area contributed by atoms with Crippen molar-refractivity contribution in [3.8, 4) is 5.75 Å². The first kappa shape index (κ1) is 19.4.